The Balaban J connectivity index is 2.10. The molecule has 1 amide bonds. The molecule has 92 valence electrons. The normalized spacial score (nSPS) is 21.7. The molecule has 1 atom stereocenters. The molecule has 1 fully saturated rings. The fourth-order valence-corrected chi connectivity index (χ4v) is 2.12. The number of carboxylic acids is 1. The molecule has 2 N–H and O–H groups in total. The Morgan fingerprint density at radius 1 is 1.50 bits per heavy atom. The van der Waals surface area contributed by atoms with Crippen molar-refractivity contribution in [2.75, 3.05) is 26.7 Å². The van der Waals surface area contributed by atoms with Gasteiger partial charge in [-0.1, -0.05) is 0 Å². The summed E-state index contributed by atoms with van der Waals surface area (Å²) >= 11 is 0. The van der Waals surface area contributed by atoms with Gasteiger partial charge in [0.25, 0.3) is 0 Å². The predicted molar refractivity (Wildman–Crippen MR) is 60.1 cm³/mol. The fourth-order valence-electron chi connectivity index (χ4n) is 2.12. The molecule has 0 aromatic heterocycles. The highest BCUT2D eigenvalue weighted by Crippen LogP contribution is 2.17. The zero-order chi connectivity index (χ0) is 12.0. The van der Waals surface area contributed by atoms with Crippen LogP contribution in [0.2, 0.25) is 0 Å². The first-order valence-corrected chi connectivity index (χ1v) is 5.75. The molecule has 0 aromatic rings. The van der Waals surface area contributed by atoms with Crippen LogP contribution in [-0.2, 0) is 9.59 Å². The summed E-state index contributed by atoms with van der Waals surface area (Å²) in [5.41, 5.74) is 0. The number of nitrogens with one attached hydrogen (secondary N) is 1. The van der Waals surface area contributed by atoms with E-state index in [1.165, 1.54) is 12.8 Å². The SMILES string of the molecule is CN1CCCC(CCNC(=O)CC(=O)O)C1. The monoisotopic (exact) mass is 228 g/mol. The third kappa shape index (κ3) is 5.11. The second-order valence-corrected chi connectivity index (χ2v) is 4.48. The molecule has 0 bridgehead atoms. The van der Waals surface area contributed by atoms with E-state index in [9.17, 15) is 9.59 Å². The smallest absolute Gasteiger partial charge is 0.312 e. The standard InChI is InChI=1S/C11H20N2O3/c1-13-6-2-3-9(8-13)4-5-12-10(14)7-11(15)16/h9H,2-8H2,1H3,(H,12,14)(H,15,16). The van der Waals surface area contributed by atoms with Gasteiger partial charge in [0.1, 0.15) is 6.42 Å². The Labute approximate surface area is 95.8 Å². The number of carbonyl (C=O) groups excluding carboxylic acids is 1. The van der Waals surface area contributed by atoms with Gasteiger partial charge in [0, 0.05) is 13.1 Å². The van der Waals surface area contributed by atoms with Crippen LogP contribution in [0.25, 0.3) is 0 Å². The third-order valence-electron chi connectivity index (χ3n) is 2.91. The molecule has 1 rings (SSSR count). The summed E-state index contributed by atoms with van der Waals surface area (Å²) in [6.45, 7) is 2.82. The van der Waals surface area contributed by atoms with Crippen molar-refractivity contribution in [2.24, 2.45) is 5.92 Å². The molecule has 1 unspecified atom stereocenters. The topological polar surface area (TPSA) is 69.6 Å². The molecule has 1 aliphatic heterocycles. The first-order valence-electron chi connectivity index (χ1n) is 5.75. The van der Waals surface area contributed by atoms with Crippen molar-refractivity contribution in [1.82, 2.24) is 10.2 Å². The molecular weight excluding hydrogens is 208 g/mol. The number of rotatable bonds is 5. The molecule has 0 aromatic carbocycles. The molecule has 16 heavy (non-hydrogen) atoms. The Kier molecular flexibility index (Phi) is 5.25. The first-order chi connectivity index (χ1) is 7.58. The van der Waals surface area contributed by atoms with E-state index in [0.29, 0.717) is 12.5 Å². The molecule has 0 radical (unpaired) electrons. The number of amides is 1. The zero-order valence-corrected chi connectivity index (χ0v) is 9.74. The second-order valence-electron chi connectivity index (χ2n) is 4.48. The lowest BCUT2D eigenvalue weighted by Crippen LogP contribution is -2.34. The van der Waals surface area contributed by atoms with E-state index in [0.717, 1.165) is 19.5 Å². The van der Waals surface area contributed by atoms with Crippen molar-refractivity contribution in [3.8, 4) is 0 Å². The average molecular weight is 228 g/mol. The number of hydrogen-bond acceptors (Lipinski definition) is 3. The van der Waals surface area contributed by atoms with Gasteiger partial charge < -0.3 is 15.3 Å². The summed E-state index contributed by atoms with van der Waals surface area (Å²) in [5.74, 6) is -0.838. The molecular formula is C11H20N2O3. The number of carboxylic acid groups (broad SMARTS) is 1. The molecule has 1 aliphatic rings. The summed E-state index contributed by atoms with van der Waals surface area (Å²) in [4.78, 5) is 23.6. The van der Waals surface area contributed by atoms with Crippen LogP contribution in [0.1, 0.15) is 25.7 Å². The van der Waals surface area contributed by atoms with Crippen molar-refractivity contribution >= 4 is 11.9 Å². The Morgan fingerprint density at radius 3 is 2.88 bits per heavy atom. The van der Waals surface area contributed by atoms with Crippen LogP contribution in [0.4, 0.5) is 0 Å². The maximum Gasteiger partial charge on any atom is 0.312 e. The number of nitrogens with zero attached hydrogens (tertiary/aromatic N) is 1. The lowest BCUT2D eigenvalue weighted by atomic mass is 9.95. The van der Waals surface area contributed by atoms with E-state index in [1.54, 1.807) is 0 Å². The Bertz CT molecular complexity index is 256. The fraction of sp³-hybridized carbons (Fsp3) is 0.818. The van der Waals surface area contributed by atoms with Crippen LogP contribution in [0, 0.1) is 5.92 Å². The highest BCUT2D eigenvalue weighted by Gasteiger charge is 2.17. The van der Waals surface area contributed by atoms with E-state index in [1.807, 2.05) is 0 Å². The third-order valence-corrected chi connectivity index (χ3v) is 2.91. The highest BCUT2D eigenvalue weighted by molar-refractivity contribution is 5.93. The lowest BCUT2D eigenvalue weighted by Gasteiger charge is -2.29. The molecule has 0 spiro atoms. The molecule has 1 saturated heterocycles. The van der Waals surface area contributed by atoms with E-state index < -0.39 is 18.3 Å². The van der Waals surface area contributed by atoms with Gasteiger partial charge >= 0.3 is 5.97 Å². The van der Waals surface area contributed by atoms with Crippen LogP contribution in [-0.4, -0.2) is 48.6 Å². The molecule has 5 nitrogen and oxygen atoms in total. The van der Waals surface area contributed by atoms with E-state index in [2.05, 4.69) is 17.3 Å². The van der Waals surface area contributed by atoms with Crippen LogP contribution in [0.5, 0.6) is 0 Å². The van der Waals surface area contributed by atoms with Crippen molar-refractivity contribution < 1.29 is 14.7 Å². The Morgan fingerprint density at radius 2 is 2.25 bits per heavy atom. The van der Waals surface area contributed by atoms with Gasteiger partial charge in [-0.05, 0) is 38.8 Å². The minimum absolute atomic E-state index is 0.392. The van der Waals surface area contributed by atoms with Crippen LogP contribution >= 0.6 is 0 Å². The lowest BCUT2D eigenvalue weighted by molar-refractivity contribution is -0.140. The van der Waals surface area contributed by atoms with Crippen molar-refractivity contribution in [3.63, 3.8) is 0 Å². The van der Waals surface area contributed by atoms with Gasteiger partial charge in [-0.3, -0.25) is 9.59 Å². The van der Waals surface area contributed by atoms with Gasteiger partial charge in [0.15, 0.2) is 0 Å². The number of piperidine rings is 1. The number of aliphatic carboxylic acids is 1. The summed E-state index contributed by atoms with van der Waals surface area (Å²) < 4.78 is 0. The van der Waals surface area contributed by atoms with Gasteiger partial charge in [-0.15, -0.1) is 0 Å². The minimum Gasteiger partial charge on any atom is -0.481 e. The van der Waals surface area contributed by atoms with Crippen molar-refractivity contribution in [2.45, 2.75) is 25.7 Å². The predicted octanol–water partition coefficient (Wildman–Crippen LogP) is 0.309. The van der Waals surface area contributed by atoms with Gasteiger partial charge in [-0.25, -0.2) is 0 Å². The van der Waals surface area contributed by atoms with E-state index in [-0.39, 0.29) is 0 Å². The maximum atomic E-state index is 11.1. The minimum atomic E-state index is -1.07. The quantitative estimate of drug-likeness (QED) is 0.664. The van der Waals surface area contributed by atoms with Crippen molar-refractivity contribution in [3.05, 3.63) is 0 Å². The van der Waals surface area contributed by atoms with Gasteiger partial charge in [-0.2, -0.15) is 0 Å². The van der Waals surface area contributed by atoms with Crippen LogP contribution in [0.3, 0.4) is 0 Å². The maximum absolute atomic E-state index is 11.1. The molecule has 1 heterocycles. The molecule has 0 saturated carbocycles. The number of likely N-dealkylation sites (tertiary alicyclic amines) is 1. The second kappa shape index (κ2) is 6.48. The van der Waals surface area contributed by atoms with E-state index >= 15 is 0 Å². The summed E-state index contributed by atoms with van der Waals surface area (Å²) in [6, 6.07) is 0. The highest BCUT2D eigenvalue weighted by atomic mass is 16.4. The number of carbonyl (C=O) groups is 2. The Hall–Kier alpha value is -1.10. The average Bonchev–Trinajstić information content (AvgIpc) is 2.16. The van der Waals surface area contributed by atoms with Gasteiger partial charge in [0.05, 0.1) is 0 Å². The van der Waals surface area contributed by atoms with Crippen molar-refractivity contribution in [1.29, 1.82) is 0 Å². The zero-order valence-electron chi connectivity index (χ0n) is 9.74. The summed E-state index contributed by atoms with van der Waals surface area (Å²) in [6.07, 6.45) is 2.93. The first kappa shape index (κ1) is 13.0. The van der Waals surface area contributed by atoms with Crippen LogP contribution < -0.4 is 5.32 Å². The van der Waals surface area contributed by atoms with Crippen LogP contribution in [0.15, 0.2) is 0 Å². The van der Waals surface area contributed by atoms with Gasteiger partial charge in [0.2, 0.25) is 5.91 Å². The molecule has 5 heteroatoms. The summed E-state index contributed by atoms with van der Waals surface area (Å²) in [5, 5.41) is 11.0. The summed E-state index contributed by atoms with van der Waals surface area (Å²) in [7, 11) is 2.11. The van der Waals surface area contributed by atoms with E-state index in [4.69, 9.17) is 5.11 Å². The number of hydrogen-bond donors (Lipinski definition) is 2. The largest absolute Gasteiger partial charge is 0.481 e. The molecule has 0 aliphatic carbocycles.